The van der Waals surface area contributed by atoms with Gasteiger partial charge < -0.3 is 10.2 Å². The normalized spacial score (nSPS) is 26.8. The van der Waals surface area contributed by atoms with Gasteiger partial charge in [0.15, 0.2) is 0 Å². The second-order valence-corrected chi connectivity index (χ2v) is 4.07. The van der Waals surface area contributed by atoms with Crippen molar-refractivity contribution in [3.05, 3.63) is 0 Å². The molecule has 1 aliphatic carbocycles. The smallest absolute Gasteiger partial charge is 0.225 e. The molecule has 2 amide bonds. The summed E-state index contributed by atoms with van der Waals surface area (Å²) in [5.74, 6) is 0.0794. The van der Waals surface area contributed by atoms with E-state index in [1.165, 1.54) is 0 Å². The van der Waals surface area contributed by atoms with Crippen LogP contribution in [0.5, 0.6) is 0 Å². The quantitative estimate of drug-likeness (QED) is 0.697. The number of nitrogens with one attached hydrogen (secondary N) is 1. The van der Waals surface area contributed by atoms with Gasteiger partial charge in [0.1, 0.15) is 0 Å². The van der Waals surface area contributed by atoms with Gasteiger partial charge in [0.2, 0.25) is 11.8 Å². The Hall–Kier alpha value is -1.06. The predicted molar refractivity (Wildman–Crippen MR) is 51.5 cm³/mol. The molecule has 1 atom stereocenters. The van der Waals surface area contributed by atoms with Crippen molar-refractivity contribution in [3.63, 3.8) is 0 Å². The first-order valence-electron chi connectivity index (χ1n) is 5.29. The van der Waals surface area contributed by atoms with E-state index in [1.54, 1.807) is 0 Å². The number of nitrogens with zero attached hydrogens (tertiary/aromatic N) is 1. The molecule has 1 N–H and O–H groups in total. The molecule has 2 rings (SSSR count). The molecular weight excluding hydrogens is 180 g/mol. The van der Waals surface area contributed by atoms with Crippen molar-refractivity contribution in [2.75, 3.05) is 13.1 Å². The Kier molecular flexibility index (Phi) is 2.44. The molecule has 1 unspecified atom stereocenters. The molecule has 0 bridgehead atoms. The largest absolute Gasteiger partial charge is 0.356 e. The number of carbonyl (C=O) groups is 2. The molecule has 0 aromatic carbocycles. The highest BCUT2D eigenvalue weighted by Crippen LogP contribution is 2.32. The Balaban J connectivity index is 1.91. The van der Waals surface area contributed by atoms with Crippen molar-refractivity contribution < 1.29 is 9.59 Å². The van der Waals surface area contributed by atoms with Crippen LogP contribution in [0.3, 0.4) is 0 Å². The van der Waals surface area contributed by atoms with Crippen LogP contribution in [-0.4, -0.2) is 35.8 Å². The molecule has 2 fully saturated rings. The Bertz CT molecular complexity index is 261. The van der Waals surface area contributed by atoms with Gasteiger partial charge in [0.25, 0.3) is 0 Å². The summed E-state index contributed by atoms with van der Waals surface area (Å²) in [6.45, 7) is 3.18. The van der Waals surface area contributed by atoms with Gasteiger partial charge >= 0.3 is 0 Å². The van der Waals surface area contributed by atoms with E-state index < -0.39 is 0 Å². The summed E-state index contributed by atoms with van der Waals surface area (Å²) in [4.78, 5) is 24.9. The summed E-state index contributed by atoms with van der Waals surface area (Å²) in [5, 5.41) is 2.77. The lowest BCUT2D eigenvalue weighted by Crippen LogP contribution is -2.33. The van der Waals surface area contributed by atoms with Crippen LogP contribution in [0.1, 0.15) is 26.2 Å². The zero-order valence-electron chi connectivity index (χ0n) is 8.45. The molecule has 2 aliphatic rings. The van der Waals surface area contributed by atoms with Crippen molar-refractivity contribution in [2.45, 2.75) is 32.2 Å². The van der Waals surface area contributed by atoms with E-state index in [2.05, 4.69) is 5.32 Å². The number of rotatable bonds is 3. The van der Waals surface area contributed by atoms with Gasteiger partial charge in [0, 0.05) is 25.6 Å². The molecule has 0 aromatic rings. The maximum atomic E-state index is 11.5. The maximum Gasteiger partial charge on any atom is 0.225 e. The van der Waals surface area contributed by atoms with Gasteiger partial charge in [-0.1, -0.05) is 0 Å². The summed E-state index contributed by atoms with van der Waals surface area (Å²) < 4.78 is 0. The lowest BCUT2D eigenvalue weighted by Gasteiger charge is -2.14. The van der Waals surface area contributed by atoms with Crippen molar-refractivity contribution >= 4 is 11.8 Å². The Morgan fingerprint density at radius 1 is 1.57 bits per heavy atom. The third-order valence-corrected chi connectivity index (χ3v) is 2.87. The Morgan fingerprint density at radius 3 is 2.86 bits per heavy atom. The lowest BCUT2D eigenvalue weighted by molar-refractivity contribution is -0.129. The van der Waals surface area contributed by atoms with Crippen LogP contribution in [0.4, 0.5) is 0 Å². The molecule has 4 heteroatoms. The average molecular weight is 196 g/mol. The van der Waals surface area contributed by atoms with Crippen LogP contribution in [-0.2, 0) is 9.59 Å². The van der Waals surface area contributed by atoms with E-state index in [1.807, 2.05) is 11.8 Å². The van der Waals surface area contributed by atoms with Crippen LogP contribution < -0.4 is 5.32 Å². The van der Waals surface area contributed by atoms with Crippen molar-refractivity contribution in [2.24, 2.45) is 5.92 Å². The van der Waals surface area contributed by atoms with Gasteiger partial charge in [-0.15, -0.1) is 0 Å². The summed E-state index contributed by atoms with van der Waals surface area (Å²) in [7, 11) is 0. The molecule has 14 heavy (non-hydrogen) atoms. The highest BCUT2D eigenvalue weighted by molar-refractivity contribution is 5.89. The highest BCUT2D eigenvalue weighted by atomic mass is 16.2. The minimum absolute atomic E-state index is 0.0315. The van der Waals surface area contributed by atoms with Gasteiger partial charge in [-0.3, -0.25) is 9.59 Å². The van der Waals surface area contributed by atoms with Crippen molar-refractivity contribution in [3.8, 4) is 0 Å². The van der Waals surface area contributed by atoms with Crippen molar-refractivity contribution in [1.29, 1.82) is 0 Å². The van der Waals surface area contributed by atoms with Crippen LogP contribution >= 0.6 is 0 Å². The maximum absolute atomic E-state index is 11.5. The molecule has 1 saturated heterocycles. The first-order valence-corrected chi connectivity index (χ1v) is 5.29. The van der Waals surface area contributed by atoms with E-state index in [4.69, 9.17) is 0 Å². The molecule has 4 nitrogen and oxygen atoms in total. The summed E-state index contributed by atoms with van der Waals surface area (Å²) in [5.41, 5.74) is 0. The zero-order chi connectivity index (χ0) is 10.1. The fraction of sp³-hybridized carbons (Fsp3) is 0.800. The highest BCUT2D eigenvalue weighted by Gasteiger charge is 2.41. The zero-order valence-corrected chi connectivity index (χ0v) is 8.45. The van der Waals surface area contributed by atoms with Gasteiger partial charge in [-0.05, 0) is 19.8 Å². The number of likely N-dealkylation sites (tertiary alicyclic amines) is 1. The number of amides is 2. The van der Waals surface area contributed by atoms with Crippen LogP contribution in [0.25, 0.3) is 0 Å². The number of carbonyl (C=O) groups excluding carboxylic acids is 2. The molecular formula is C10H16N2O2. The first-order chi connectivity index (χ1) is 6.72. The van der Waals surface area contributed by atoms with E-state index in [9.17, 15) is 9.59 Å². The number of hydrogen-bond donors (Lipinski definition) is 1. The molecule has 1 aliphatic heterocycles. The number of hydrogen-bond acceptors (Lipinski definition) is 2. The summed E-state index contributed by atoms with van der Waals surface area (Å²) in [6, 6.07) is 0.446. The SMILES string of the molecule is CCNC(=O)C1CC(=O)N(C2CC2)C1. The van der Waals surface area contributed by atoms with Gasteiger partial charge in [0.05, 0.1) is 5.92 Å². The molecule has 1 heterocycles. The standard InChI is InChI=1S/C10H16N2O2/c1-2-11-10(14)7-5-9(13)12(6-7)8-3-4-8/h7-8H,2-6H2,1H3,(H,11,14). The van der Waals surface area contributed by atoms with E-state index in [0.29, 0.717) is 25.6 Å². The van der Waals surface area contributed by atoms with Crippen LogP contribution in [0.15, 0.2) is 0 Å². The van der Waals surface area contributed by atoms with Crippen molar-refractivity contribution in [1.82, 2.24) is 10.2 Å². The second-order valence-electron chi connectivity index (χ2n) is 4.07. The fourth-order valence-electron chi connectivity index (χ4n) is 1.96. The minimum Gasteiger partial charge on any atom is -0.356 e. The monoisotopic (exact) mass is 196 g/mol. The van der Waals surface area contributed by atoms with Gasteiger partial charge in [-0.2, -0.15) is 0 Å². The van der Waals surface area contributed by atoms with E-state index >= 15 is 0 Å². The third-order valence-electron chi connectivity index (χ3n) is 2.87. The molecule has 0 spiro atoms. The lowest BCUT2D eigenvalue weighted by atomic mass is 10.1. The van der Waals surface area contributed by atoms with E-state index in [-0.39, 0.29) is 17.7 Å². The minimum atomic E-state index is -0.108. The third kappa shape index (κ3) is 1.74. The molecule has 0 aromatic heterocycles. The second kappa shape index (κ2) is 3.59. The summed E-state index contributed by atoms with van der Waals surface area (Å²) in [6.07, 6.45) is 2.64. The Morgan fingerprint density at radius 2 is 2.29 bits per heavy atom. The van der Waals surface area contributed by atoms with E-state index in [0.717, 1.165) is 12.8 Å². The Labute approximate surface area is 83.6 Å². The van der Waals surface area contributed by atoms with Crippen LogP contribution in [0.2, 0.25) is 0 Å². The molecule has 1 saturated carbocycles. The van der Waals surface area contributed by atoms with Gasteiger partial charge in [-0.25, -0.2) is 0 Å². The average Bonchev–Trinajstić information content (AvgIpc) is 2.91. The first kappa shape index (κ1) is 9.49. The molecule has 0 radical (unpaired) electrons. The molecule has 78 valence electrons. The van der Waals surface area contributed by atoms with Crippen LogP contribution in [0, 0.1) is 5.92 Å². The topological polar surface area (TPSA) is 49.4 Å². The summed E-state index contributed by atoms with van der Waals surface area (Å²) >= 11 is 0. The predicted octanol–water partition coefficient (Wildman–Crippen LogP) is 0.133. The fourth-order valence-corrected chi connectivity index (χ4v) is 1.96.